The summed E-state index contributed by atoms with van der Waals surface area (Å²) < 4.78 is 0. The Balaban J connectivity index is 2.23. The van der Waals surface area contributed by atoms with Crippen molar-refractivity contribution in [1.29, 1.82) is 0 Å². The molecule has 0 aromatic carbocycles. The molecule has 0 spiro atoms. The predicted molar refractivity (Wildman–Crippen MR) is 70.0 cm³/mol. The van der Waals surface area contributed by atoms with Crippen LogP contribution in [0.1, 0.15) is 22.5 Å². The third-order valence-corrected chi connectivity index (χ3v) is 3.25. The first-order valence-electron chi connectivity index (χ1n) is 6.21. The van der Waals surface area contributed by atoms with E-state index in [0.29, 0.717) is 18.8 Å². The number of pyridine rings is 1. The van der Waals surface area contributed by atoms with Gasteiger partial charge in [0.25, 0.3) is 5.91 Å². The first-order valence-corrected chi connectivity index (χ1v) is 6.21. The number of aromatic nitrogens is 1. The van der Waals surface area contributed by atoms with Crippen LogP contribution in [0.15, 0.2) is 17.1 Å². The smallest absolute Gasteiger partial charge is 0.259 e. The molecule has 1 aromatic heterocycles. The number of likely N-dealkylation sites (N-methyl/N-ethyl adjacent to an activating group) is 1. The normalized spacial score (nSPS) is 16.4. The minimum atomic E-state index is -0.384. The molecule has 1 aromatic rings. The van der Waals surface area contributed by atoms with Crippen LogP contribution in [0.4, 0.5) is 0 Å². The molecule has 1 fully saturated rings. The molecular weight excluding hydrogens is 246 g/mol. The minimum absolute atomic E-state index is 0.0304. The van der Waals surface area contributed by atoms with Gasteiger partial charge in [0.15, 0.2) is 5.43 Å². The molecule has 1 saturated heterocycles. The van der Waals surface area contributed by atoms with Gasteiger partial charge in [-0.2, -0.15) is 0 Å². The zero-order chi connectivity index (χ0) is 14.0. The molecule has 0 bridgehead atoms. The molecule has 2 rings (SSSR count). The second kappa shape index (κ2) is 5.26. The third kappa shape index (κ3) is 2.83. The van der Waals surface area contributed by atoms with E-state index < -0.39 is 0 Å². The molecule has 0 saturated carbocycles. The summed E-state index contributed by atoms with van der Waals surface area (Å²) in [6.45, 7) is 2.90. The number of nitrogens with one attached hydrogen (secondary N) is 1. The van der Waals surface area contributed by atoms with Crippen LogP contribution < -0.4 is 5.43 Å². The summed E-state index contributed by atoms with van der Waals surface area (Å²) in [5, 5.41) is 0. The van der Waals surface area contributed by atoms with Gasteiger partial charge < -0.3 is 14.8 Å². The second-order valence-electron chi connectivity index (χ2n) is 4.79. The first kappa shape index (κ1) is 13.3. The highest BCUT2D eigenvalue weighted by Crippen LogP contribution is 2.06. The molecular formula is C13H17N3O3. The fraction of sp³-hybridized carbons (Fsp3) is 0.462. The molecule has 0 aliphatic carbocycles. The average molecular weight is 263 g/mol. The fourth-order valence-corrected chi connectivity index (χ4v) is 2.07. The number of aryl methyl sites for hydroxylation is 1. The molecule has 0 radical (unpaired) electrons. The number of nitrogens with zero attached hydrogens (tertiary/aromatic N) is 2. The number of carbonyl (C=O) groups excluding carboxylic acids is 2. The Morgan fingerprint density at radius 3 is 2.74 bits per heavy atom. The van der Waals surface area contributed by atoms with Gasteiger partial charge in [0.05, 0.1) is 0 Å². The fourth-order valence-electron chi connectivity index (χ4n) is 2.07. The minimum Gasteiger partial charge on any atom is -0.364 e. The Bertz CT molecular complexity index is 564. The van der Waals surface area contributed by atoms with Gasteiger partial charge >= 0.3 is 0 Å². The number of hydrogen-bond acceptors (Lipinski definition) is 3. The molecule has 1 aliphatic rings. The number of rotatable bonds is 1. The Kier molecular flexibility index (Phi) is 3.69. The number of carbonyl (C=O) groups is 2. The van der Waals surface area contributed by atoms with Crippen LogP contribution in [0, 0.1) is 6.92 Å². The summed E-state index contributed by atoms with van der Waals surface area (Å²) in [4.78, 5) is 41.7. The van der Waals surface area contributed by atoms with Gasteiger partial charge in [0.2, 0.25) is 5.91 Å². The SMILES string of the molecule is Cc1cc(=O)c(C(=O)N2CCCN(C)C(=O)C2)c[nH]1. The van der Waals surface area contributed by atoms with Crippen molar-refractivity contribution in [2.75, 3.05) is 26.7 Å². The lowest BCUT2D eigenvalue weighted by Crippen LogP contribution is -2.39. The topological polar surface area (TPSA) is 73.5 Å². The maximum Gasteiger partial charge on any atom is 0.259 e. The Hall–Kier alpha value is -2.11. The number of aromatic amines is 1. The summed E-state index contributed by atoms with van der Waals surface area (Å²) in [6, 6.07) is 1.39. The van der Waals surface area contributed by atoms with E-state index in [-0.39, 0.29) is 29.4 Å². The van der Waals surface area contributed by atoms with Crippen LogP contribution in [0.2, 0.25) is 0 Å². The lowest BCUT2D eigenvalue weighted by molar-refractivity contribution is -0.129. The summed E-state index contributed by atoms with van der Waals surface area (Å²) in [7, 11) is 1.72. The number of H-pyrrole nitrogens is 1. The van der Waals surface area contributed by atoms with Gasteiger partial charge in [-0.1, -0.05) is 0 Å². The Morgan fingerprint density at radius 2 is 2.05 bits per heavy atom. The van der Waals surface area contributed by atoms with E-state index in [2.05, 4.69) is 4.98 Å². The van der Waals surface area contributed by atoms with Gasteiger partial charge in [-0.25, -0.2) is 0 Å². The van der Waals surface area contributed by atoms with Crippen LogP contribution in [0.5, 0.6) is 0 Å². The summed E-state index contributed by atoms with van der Waals surface area (Å²) in [5.74, 6) is -0.487. The lowest BCUT2D eigenvalue weighted by atomic mass is 10.2. The monoisotopic (exact) mass is 263 g/mol. The van der Waals surface area contributed by atoms with E-state index in [9.17, 15) is 14.4 Å². The van der Waals surface area contributed by atoms with E-state index >= 15 is 0 Å². The molecule has 19 heavy (non-hydrogen) atoms. The van der Waals surface area contributed by atoms with Crippen molar-refractivity contribution in [3.63, 3.8) is 0 Å². The van der Waals surface area contributed by atoms with Gasteiger partial charge in [0.1, 0.15) is 12.1 Å². The van der Waals surface area contributed by atoms with Crippen molar-refractivity contribution in [2.24, 2.45) is 0 Å². The highest BCUT2D eigenvalue weighted by atomic mass is 16.2. The zero-order valence-electron chi connectivity index (χ0n) is 11.1. The molecule has 0 atom stereocenters. The summed E-state index contributed by atoms with van der Waals surface area (Å²) in [6.07, 6.45) is 2.14. The summed E-state index contributed by atoms with van der Waals surface area (Å²) in [5.41, 5.74) is 0.475. The van der Waals surface area contributed by atoms with E-state index in [1.165, 1.54) is 17.2 Å². The van der Waals surface area contributed by atoms with Crippen LogP contribution >= 0.6 is 0 Å². The van der Waals surface area contributed by atoms with Crippen molar-refractivity contribution < 1.29 is 9.59 Å². The van der Waals surface area contributed by atoms with Crippen LogP contribution in [0.25, 0.3) is 0 Å². The van der Waals surface area contributed by atoms with Gasteiger partial charge in [-0.05, 0) is 13.3 Å². The van der Waals surface area contributed by atoms with Gasteiger partial charge in [0, 0.05) is 38.1 Å². The standard InChI is InChI=1S/C13H17N3O3/c1-9-6-11(17)10(7-14-9)13(19)16-5-3-4-15(2)12(18)8-16/h6-7H,3-5,8H2,1-2H3,(H,14,17). The molecule has 1 aliphatic heterocycles. The van der Waals surface area contributed by atoms with E-state index in [0.717, 1.165) is 6.42 Å². The number of hydrogen-bond donors (Lipinski definition) is 1. The Labute approximate surface area is 111 Å². The van der Waals surface area contributed by atoms with Crippen molar-refractivity contribution >= 4 is 11.8 Å². The highest BCUT2D eigenvalue weighted by Gasteiger charge is 2.25. The van der Waals surface area contributed by atoms with Gasteiger partial charge in [-0.3, -0.25) is 14.4 Å². The van der Waals surface area contributed by atoms with E-state index in [1.54, 1.807) is 18.9 Å². The maximum atomic E-state index is 12.3. The van der Waals surface area contributed by atoms with E-state index in [1.807, 2.05) is 0 Å². The second-order valence-corrected chi connectivity index (χ2v) is 4.79. The molecule has 2 heterocycles. The quantitative estimate of drug-likeness (QED) is 0.774. The first-order chi connectivity index (χ1) is 8.99. The molecule has 1 N–H and O–H groups in total. The zero-order valence-corrected chi connectivity index (χ0v) is 11.1. The average Bonchev–Trinajstić information content (AvgIpc) is 2.51. The predicted octanol–water partition coefficient (Wildman–Crippen LogP) is -0.0124. The van der Waals surface area contributed by atoms with Crippen LogP contribution in [-0.4, -0.2) is 53.3 Å². The van der Waals surface area contributed by atoms with E-state index in [4.69, 9.17) is 0 Å². The maximum absolute atomic E-state index is 12.3. The van der Waals surface area contributed by atoms with Crippen LogP contribution in [-0.2, 0) is 4.79 Å². The Morgan fingerprint density at radius 1 is 1.32 bits per heavy atom. The van der Waals surface area contributed by atoms with Crippen molar-refractivity contribution in [2.45, 2.75) is 13.3 Å². The van der Waals surface area contributed by atoms with Gasteiger partial charge in [-0.15, -0.1) is 0 Å². The van der Waals surface area contributed by atoms with Crippen LogP contribution in [0.3, 0.4) is 0 Å². The molecule has 102 valence electrons. The van der Waals surface area contributed by atoms with Crippen molar-refractivity contribution in [3.05, 3.63) is 33.7 Å². The highest BCUT2D eigenvalue weighted by molar-refractivity contribution is 5.96. The molecule has 6 heteroatoms. The summed E-state index contributed by atoms with van der Waals surface area (Å²) >= 11 is 0. The van der Waals surface area contributed by atoms with Crippen molar-refractivity contribution in [1.82, 2.24) is 14.8 Å². The molecule has 0 unspecified atom stereocenters. The van der Waals surface area contributed by atoms with Crippen molar-refractivity contribution in [3.8, 4) is 0 Å². The third-order valence-electron chi connectivity index (χ3n) is 3.25. The lowest BCUT2D eigenvalue weighted by Gasteiger charge is -2.19. The largest absolute Gasteiger partial charge is 0.364 e. The molecule has 6 nitrogen and oxygen atoms in total. The number of amides is 2. The molecule has 2 amide bonds.